The number of hydrogen-bond acceptors (Lipinski definition) is 3. The molecular formula is C12H13ClO3. The number of ether oxygens (including phenoxy) is 2. The van der Waals surface area contributed by atoms with Crippen LogP contribution < -0.4 is 4.74 Å². The Balaban J connectivity index is 2.81. The number of esters is 1. The van der Waals surface area contributed by atoms with E-state index in [0.29, 0.717) is 29.5 Å². The topological polar surface area (TPSA) is 35.5 Å². The van der Waals surface area contributed by atoms with Crippen molar-refractivity contribution in [3.63, 3.8) is 0 Å². The van der Waals surface area contributed by atoms with E-state index in [1.165, 1.54) is 6.07 Å². The second-order valence-electron chi connectivity index (χ2n) is 2.97. The minimum absolute atomic E-state index is 0.338. The predicted octanol–water partition coefficient (Wildman–Crippen LogP) is 3.08. The Kier molecular flexibility index (Phi) is 4.86. The Bertz CT molecular complexity index is 388. The maximum absolute atomic E-state index is 11.4. The largest absolute Gasteiger partial charge is 0.488 e. The fraction of sp³-hybridized carbons (Fsp3) is 0.250. The lowest BCUT2D eigenvalue weighted by Crippen LogP contribution is -2.04. The van der Waals surface area contributed by atoms with E-state index in [4.69, 9.17) is 21.1 Å². The molecule has 0 aromatic heterocycles. The first-order valence-electron chi connectivity index (χ1n) is 4.89. The molecule has 16 heavy (non-hydrogen) atoms. The van der Waals surface area contributed by atoms with Gasteiger partial charge in [0.1, 0.15) is 12.4 Å². The number of hydrogen-bond donors (Lipinski definition) is 0. The highest BCUT2D eigenvalue weighted by molar-refractivity contribution is 6.32. The summed E-state index contributed by atoms with van der Waals surface area (Å²) in [6.45, 7) is 6.00. The highest BCUT2D eigenvalue weighted by atomic mass is 35.5. The summed E-state index contributed by atoms with van der Waals surface area (Å²) in [5.41, 5.74) is 0.415. The molecule has 86 valence electrons. The van der Waals surface area contributed by atoms with E-state index >= 15 is 0 Å². The molecule has 0 saturated heterocycles. The second kappa shape index (κ2) is 6.18. The number of rotatable bonds is 5. The molecule has 0 unspecified atom stereocenters. The van der Waals surface area contributed by atoms with Crippen molar-refractivity contribution in [1.82, 2.24) is 0 Å². The molecule has 0 heterocycles. The summed E-state index contributed by atoms with van der Waals surface area (Å²) in [6.07, 6.45) is 1.62. The molecule has 1 rings (SSSR count). The average Bonchev–Trinajstić information content (AvgIpc) is 2.27. The van der Waals surface area contributed by atoms with Crippen molar-refractivity contribution in [2.24, 2.45) is 0 Å². The molecule has 0 aliphatic heterocycles. The minimum Gasteiger partial charge on any atom is -0.488 e. The van der Waals surface area contributed by atoms with Crippen molar-refractivity contribution in [1.29, 1.82) is 0 Å². The van der Waals surface area contributed by atoms with Gasteiger partial charge < -0.3 is 9.47 Å². The van der Waals surface area contributed by atoms with E-state index in [-0.39, 0.29) is 5.97 Å². The highest BCUT2D eigenvalue weighted by Gasteiger charge is 2.09. The van der Waals surface area contributed by atoms with Crippen LogP contribution in [0.4, 0.5) is 0 Å². The van der Waals surface area contributed by atoms with Gasteiger partial charge in [-0.2, -0.15) is 0 Å². The van der Waals surface area contributed by atoms with E-state index in [0.717, 1.165) is 0 Å². The fourth-order valence-electron chi connectivity index (χ4n) is 1.11. The zero-order chi connectivity index (χ0) is 12.0. The van der Waals surface area contributed by atoms with Gasteiger partial charge in [-0.3, -0.25) is 0 Å². The number of halogens is 1. The zero-order valence-corrected chi connectivity index (χ0v) is 9.79. The SMILES string of the molecule is C=CCOc1ccc(C(=O)OCC)cc1Cl. The summed E-state index contributed by atoms with van der Waals surface area (Å²) < 4.78 is 10.1. The number of carbonyl (C=O) groups excluding carboxylic acids is 1. The molecule has 0 atom stereocenters. The van der Waals surface area contributed by atoms with Crippen molar-refractivity contribution >= 4 is 17.6 Å². The average molecular weight is 241 g/mol. The van der Waals surface area contributed by atoms with Gasteiger partial charge in [-0.25, -0.2) is 4.79 Å². The summed E-state index contributed by atoms with van der Waals surface area (Å²) in [7, 11) is 0. The molecule has 4 heteroatoms. The van der Waals surface area contributed by atoms with Crippen LogP contribution in [-0.2, 0) is 4.74 Å². The van der Waals surface area contributed by atoms with Crippen molar-refractivity contribution in [3.05, 3.63) is 41.4 Å². The molecule has 0 bridgehead atoms. The summed E-state index contributed by atoms with van der Waals surface area (Å²) in [4.78, 5) is 11.4. The number of carbonyl (C=O) groups is 1. The Morgan fingerprint density at radius 2 is 2.31 bits per heavy atom. The Morgan fingerprint density at radius 3 is 2.88 bits per heavy atom. The maximum atomic E-state index is 11.4. The molecular weight excluding hydrogens is 228 g/mol. The van der Waals surface area contributed by atoms with Crippen LogP contribution in [-0.4, -0.2) is 19.2 Å². The molecule has 0 aliphatic carbocycles. The molecule has 0 amide bonds. The first-order chi connectivity index (χ1) is 7.69. The summed E-state index contributed by atoms with van der Waals surface area (Å²) >= 11 is 5.94. The molecule has 0 radical (unpaired) electrons. The first kappa shape index (κ1) is 12.6. The van der Waals surface area contributed by atoms with Gasteiger partial charge in [0, 0.05) is 0 Å². The van der Waals surface area contributed by atoms with Crippen LogP contribution >= 0.6 is 11.6 Å². The number of benzene rings is 1. The van der Waals surface area contributed by atoms with Gasteiger partial charge in [0.15, 0.2) is 0 Å². The normalized spacial score (nSPS) is 9.62. The van der Waals surface area contributed by atoms with E-state index < -0.39 is 0 Å². The van der Waals surface area contributed by atoms with Gasteiger partial charge in [0.25, 0.3) is 0 Å². The molecule has 3 nitrogen and oxygen atoms in total. The van der Waals surface area contributed by atoms with E-state index in [1.54, 1.807) is 25.1 Å². The van der Waals surface area contributed by atoms with Crippen molar-refractivity contribution in [2.75, 3.05) is 13.2 Å². The Morgan fingerprint density at radius 1 is 1.56 bits per heavy atom. The summed E-state index contributed by atoms with van der Waals surface area (Å²) in [5.74, 6) is 0.134. The lowest BCUT2D eigenvalue weighted by atomic mass is 10.2. The Labute approximate surface area is 99.6 Å². The zero-order valence-electron chi connectivity index (χ0n) is 9.03. The molecule has 0 spiro atoms. The lowest BCUT2D eigenvalue weighted by Gasteiger charge is -2.07. The van der Waals surface area contributed by atoms with Crippen LogP contribution in [0.3, 0.4) is 0 Å². The maximum Gasteiger partial charge on any atom is 0.338 e. The molecule has 0 aliphatic rings. The molecule has 1 aromatic rings. The van der Waals surface area contributed by atoms with Crippen molar-refractivity contribution in [2.45, 2.75) is 6.92 Å². The first-order valence-corrected chi connectivity index (χ1v) is 5.27. The predicted molar refractivity (Wildman–Crippen MR) is 63.1 cm³/mol. The van der Waals surface area contributed by atoms with E-state index in [9.17, 15) is 4.79 Å². The molecule has 0 fully saturated rings. The van der Waals surface area contributed by atoms with Crippen LogP contribution in [0.25, 0.3) is 0 Å². The third kappa shape index (κ3) is 3.28. The summed E-state index contributed by atoms with van der Waals surface area (Å²) in [5, 5.41) is 0.382. The van der Waals surface area contributed by atoms with Gasteiger partial charge in [0.05, 0.1) is 17.2 Å². The van der Waals surface area contributed by atoms with Crippen LogP contribution in [0.5, 0.6) is 5.75 Å². The van der Waals surface area contributed by atoms with Gasteiger partial charge >= 0.3 is 5.97 Å². The van der Waals surface area contributed by atoms with E-state index in [1.807, 2.05) is 0 Å². The lowest BCUT2D eigenvalue weighted by molar-refractivity contribution is 0.0526. The second-order valence-corrected chi connectivity index (χ2v) is 3.37. The molecule has 0 saturated carbocycles. The molecule has 1 aromatic carbocycles. The van der Waals surface area contributed by atoms with Gasteiger partial charge in [-0.15, -0.1) is 0 Å². The minimum atomic E-state index is -0.389. The third-order valence-corrected chi connectivity index (χ3v) is 2.10. The van der Waals surface area contributed by atoms with Gasteiger partial charge in [-0.1, -0.05) is 24.3 Å². The third-order valence-electron chi connectivity index (χ3n) is 1.80. The van der Waals surface area contributed by atoms with Crippen LogP contribution in [0.1, 0.15) is 17.3 Å². The smallest absolute Gasteiger partial charge is 0.338 e. The van der Waals surface area contributed by atoms with Crippen LogP contribution in [0.2, 0.25) is 5.02 Å². The van der Waals surface area contributed by atoms with Crippen molar-refractivity contribution in [3.8, 4) is 5.75 Å². The Hall–Kier alpha value is -1.48. The quantitative estimate of drug-likeness (QED) is 0.586. The fourth-order valence-corrected chi connectivity index (χ4v) is 1.34. The monoisotopic (exact) mass is 240 g/mol. The van der Waals surface area contributed by atoms with Crippen LogP contribution in [0, 0.1) is 0 Å². The summed E-state index contributed by atoms with van der Waals surface area (Å²) in [6, 6.07) is 4.78. The standard InChI is InChI=1S/C12H13ClO3/c1-3-7-16-11-6-5-9(8-10(11)13)12(14)15-4-2/h3,5-6,8H,1,4,7H2,2H3. The van der Waals surface area contributed by atoms with Crippen LogP contribution in [0.15, 0.2) is 30.9 Å². The van der Waals surface area contributed by atoms with E-state index in [2.05, 4.69) is 6.58 Å². The van der Waals surface area contributed by atoms with Gasteiger partial charge in [-0.05, 0) is 25.1 Å². The van der Waals surface area contributed by atoms with Gasteiger partial charge in [0.2, 0.25) is 0 Å². The van der Waals surface area contributed by atoms with Crippen molar-refractivity contribution < 1.29 is 14.3 Å². The molecule has 0 N–H and O–H groups in total. The highest BCUT2D eigenvalue weighted by Crippen LogP contribution is 2.25.